The van der Waals surface area contributed by atoms with E-state index in [1.54, 1.807) is 6.33 Å². The molecule has 7 rings (SSSR count). The zero-order valence-electron chi connectivity index (χ0n) is 20.0. The van der Waals surface area contributed by atoms with Gasteiger partial charge in [0.25, 0.3) is 0 Å². The second-order valence-electron chi connectivity index (χ2n) is 8.97. The summed E-state index contributed by atoms with van der Waals surface area (Å²) in [5.41, 5.74) is 10.0. The van der Waals surface area contributed by atoms with Gasteiger partial charge in [-0.15, -0.1) is 0 Å². The van der Waals surface area contributed by atoms with Crippen molar-refractivity contribution in [3.63, 3.8) is 0 Å². The van der Waals surface area contributed by atoms with Crippen LogP contribution in [0.5, 0.6) is 0 Å². The topological polar surface area (TPSA) is 41.9 Å². The lowest BCUT2D eigenvalue weighted by Gasteiger charge is -2.25. The lowest BCUT2D eigenvalue weighted by Crippen LogP contribution is -2.14. The van der Waals surface area contributed by atoms with Gasteiger partial charge in [-0.25, -0.2) is 9.97 Å². The van der Waals surface area contributed by atoms with E-state index in [9.17, 15) is 0 Å². The molecule has 0 bridgehead atoms. The lowest BCUT2D eigenvalue weighted by atomic mass is 9.91. The van der Waals surface area contributed by atoms with Crippen molar-refractivity contribution in [1.82, 2.24) is 15.0 Å². The van der Waals surface area contributed by atoms with Gasteiger partial charge in [-0.2, -0.15) is 4.98 Å². The van der Waals surface area contributed by atoms with Crippen LogP contribution in [0.4, 0.5) is 17.3 Å². The highest BCUT2D eigenvalue weighted by Gasteiger charge is 2.27. The molecule has 0 radical (unpaired) electrons. The Kier molecular flexibility index (Phi) is 5.07. The maximum absolute atomic E-state index is 4.94. The fourth-order valence-corrected chi connectivity index (χ4v) is 5.07. The van der Waals surface area contributed by atoms with Crippen LogP contribution < -0.4 is 4.90 Å². The van der Waals surface area contributed by atoms with Gasteiger partial charge in [0.05, 0.1) is 11.4 Å². The second kappa shape index (κ2) is 8.85. The van der Waals surface area contributed by atoms with Crippen LogP contribution in [-0.2, 0) is 0 Å². The Bertz CT molecular complexity index is 1730. The van der Waals surface area contributed by atoms with Crippen molar-refractivity contribution < 1.29 is 0 Å². The van der Waals surface area contributed by atoms with Crippen LogP contribution in [0.2, 0.25) is 0 Å². The van der Waals surface area contributed by atoms with Crippen LogP contribution in [0.3, 0.4) is 0 Å². The molecule has 2 heterocycles. The molecular weight excluding hydrogens is 452 g/mol. The van der Waals surface area contributed by atoms with E-state index < -0.39 is 0 Å². The molecule has 1 aliphatic heterocycles. The monoisotopic (exact) mass is 474 g/mol. The van der Waals surface area contributed by atoms with Gasteiger partial charge in [0, 0.05) is 16.7 Å². The molecule has 0 unspecified atom stereocenters. The number of hydrogen-bond donors (Lipinski definition) is 0. The molecule has 0 atom stereocenters. The van der Waals surface area contributed by atoms with Gasteiger partial charge in [0.1, 0.15) is 6.33 Å². The minimum Gasteiger partial charge on any atom is -0.278 e. The van der Waals surface area contributed by atoms with Crippen molar-refractivity contribution in [2.75, 3.05) is 4.90 Å². The summed E-state index contributed by atoms with van der Waals surface area (Å²) in [6.07, 6.45) is 1.60. The molecule has 0 spiro atoms. The van der Waals surface area contributed by atoms with Gasteiger partial charge in [0.15, 0.2) is 5.82 Å². The number of fused-ring (bicyclic) bond motifs is 5. The van der Waals surface area contributed by atoms with Crippen LogP contribution >= 0.6 is 0 Å². The maximum Gasteiger partial charge on any atom is 0.238 e. The smallest absolute Gasteiger partial charge is 0.238 e. The van der Waals surface area contributed by atoms with E-state index in [1.807, 2.05) is 30.3 Å². The van der Waals surface area contributed by atoms with Crippen molar-refractivity contribution in [3.8, 4) is 44.8 Å². The summed E-state index contributed by atoms with van der Waals surface area (Å²) in [4.78, 5) is 16.2. The molecule has 0 fully saturated rings. The standard InChI is InChI=1S/C33H22N4/c1-3-11-23(12-4-1)25-19-20-26-27-15-7-9-17-30(27)37(31-18-10-8-16-28(31)29(26)21-25)33-35-22-34-32(36-33)24-13-5-2-6-14-24/h1-22H. The van der Waals surface area contributed by atoms with E-state index in [0.717, 1.165) is 28.1 Å². The molecule has 0 aliphatic carbocycles. The van der Waals surface area contributed by atoms with Crippen molar-refractivity contribution >= 4 is 17.3 Å². The lowest BCUT2D eigenvalue weighted by molar-refractivity contribution is 1.02. The Morgan fingerprint density at radius 2 is 1.03 bits per heavy atom. The van der Waals surface area contributed by atoms with Crippen molar-refractivity contribution in [1.29, 1.82) is 0 Å². The molecule has 5 aromatic carbocycles. The third-order valence-electron chi connectivity index (χ3n) is 6.79. The minimum atomic E-state index is 0.588. The predicted molar refractivity (Wildman–Crippen MR) is 150 cm³/mol. The van der Waals surface area contributed by atoms with E-state index in [1.165, 1.54) is 22.3 Å². The first kappa shape index (κ1) is 21.2. The molecule has 0 saturated carbocycles. The van der Waals surface area contributed by atoms with Gasteiger partial charge in [-0.3, -0.25) is 4.90 Å². The molecule has 4 nitrogen and oxygen atoms in total. The minimum absolute atomic E-state index is 0.588. The molecule has 174 valence electrons. The molecule has 0 N–H and O–H groups in total. The summed E-state index contributed by atoms with van der Waals surface area (Å²) < 4.78 is 0. The quantitative estimate of drug-likeness (QED) is 0.258. The molecule has 0 amide bonds. The molecule has 6 aromatic rings. The molecule has 0 saturated heterocycles. The number of nitrogens with zero attached hydrogens (tertiary/aromatic N) is 4. The number of para-hydroxylation sites is 2. The van der Waals surface area contributed by atoms with E-state index in [-0.39, 0.29) is 0 Å². The largest absolute Gasteiger partial charge is 0.278 e. The number of anilines is 3. The normalized spacial score (nSPS) is 11.7. The Morgan fingerprint density at radius 1 is 0.432 bits per heavy atom. The molecule has 37 heavy (non-hydrogen) atoms. The maximum atomic E-state index is 4.94. The molecule has 4 heteroatoms. The van der Waals surface area contributed by atoms with Gasteiger partial charge >= 0.3 is 0 Å². The van der Waals surface area contributed by atoms with Gasteiger partial charge < -0.3 is 0 Å². The Balaban J connectivity index is 1.48. The number of hydrogen-bond acceptors (Lipinski definition) is 4. The Hall–Kier alpha value is -5.09. The van der Waals surface area contributed by atoms with E-state index >= 15 is 0 Å². The van der Waals surface area contributed by atoms with Gasteiger partial charge in [-0.05, 0) is 40.5 Å². The molecule has 1 aliphatic rings. The highest BCUT2D eigenvalue weighted by atomic mass is 15.3. The SMILES string of the molecule is c1ccc(-c2ccc3c(c2)-c2ccccc2N(c2ncnc(-c4ccccc4)n2)c2ccccc2-3)cc1. The van der Waals surface area contributed by atoms with Crippen LogP contribution in [0, 0.1) is 0 Å². The van der Waals surface area contributed by atoms with Crippen molar-refractivity contribution in [2.24, 2.45) is 0 Å². The zero-order chi connectivity index (χ0) is 24.6. The number of aromatic nitrogens is 3. The molecule has 1 aromatic heterocycles. The Labute approximate surface area is 215 Å². The van der Waals surface area contributed by atoms with Gasteiger partial charge in [-0.1, -0.05) is 109 Å². The third-order valence-corrected chi connectivity index (χ3v) is 6.79. The van der Waals surface area contributed by atoms with Crippen LogP contribution in [0.1, 0.15) is 0 Å². The summed E-state index contributed by atoms with van der Waals surface area (Å²) in [5.74, 6) is 1.23. The first-order chi connectivity index (χ1) is 18.4. The summed E-state index contributed by atoms with van der Waals surface area (Å²) >= 11 is 0. The van der Waals surface area contributed by atoms with E-state index in [4.69, 9.17) is 4.98 Å². The Morgan fingerprint density at radius 3 is 1.73 bits per heavy atom. The average molecular weight is 475 g/mol. The average Bonchev–Trinajstić information content (AvgIpc) is 3.10. The predicted octanol–water partition coefficient (Wildman–Crippen LogP) is 8.32. The molecular formula is C33H22N4. The summed E-state index contributed by atoms with van der Waals surface area (Å²) in [6, 6.07) is 44.2. The number of rotatable bonds is 3. The van der Waals surface area contributed by atoms with E-state index in [2.05, 4.69) is 112 Å². The van der Waals surface area contributed by atoms with Crippen LogP contribution in [0.25, 0.3) is 44.8 Å². The fraction of sp³-hybridized carbons (Fsp3) is 0. The summed E-state index contributed by atoms with van der Waals surface area (Å²) in [6.45, 7) is 0. The zero-order valence-corrected chi connectivity index (χ0v) is 20.0. The van der Waals surface area contributed by atoms with E-state index in [0.29, 0.717) is 11.8 Å². The first-order valence-corrected chi connectivity index (χ1v) is 12.3. The first-order valence-electron chi connectivity index (χ1n) is 12.3. The summed E-state index contributed by atoms with van der Waals surface area (Å²) in [7, 11) is 0. The van der Waals surface area contributed by atoms with Crippen molar-refractivity contribution in [2.45, 2.75) is 0 Å². The number of benzene rings is 5. The van der Waals surface area contributed by atoms with Crippen LogP contribution in [-0.4, -0.2) is 15.0 Å². The van der Waals surface area contributed by atoms with Crippen LogP contribution in [0.15, 0.2) is 134 Å². The second-order valence-corrected chi connectivity index (χ2v) is 8.97. The highest BCUT2D eigenvalue weighted by Crippen LogP contribution is 2.50. The van der Waals surface area contributed by atoms with Crippen molar-refractivity contribution in [3.05, 3.63) is 134 Å². The third kappa shape index (κ3) is 3.67. The summed E-state index contributed by atoms with van der Waals surface area (Å²) in [5, 5.41) is 0. The fourth-order valence-electron chi connectivity index (χ4n) is 5.07. The highest BCUT2D eigenvalue weighted by molar-refractivity contribution is 6.02. The van der Waals surface area contributed by atoms with Gasteiger partial charge in [0.2, 0.25) is 5.95 Å².